The number of benzene rings is 2. The molecule has 2 aromatic rings. The summed E-state index contributed by atoms with van der Waals surface area (Å²) in [5.41, 5.74) is 4.63. The molecule has 0 bridgehead atoms. The zero-order chi connectivity index (χ0) is 15.5. The first-order valence-corrected chi connectivity index (χ1v) is 8.31. The lowest BCUT2D eigenvalue weighted by Gasteiger charge is -2.31. The summed E-state index contributed by atoms with van der Waals surface area (Å²) in [6, 6.07) is 14.2. The Morgan fingerprint density at radius 3 is 2.91 bits per heavy atom. The van der Waals surface area contributed by atoms with Crippen molar-refractivity contribution in [1.82, 2.24) is 0 Å². The Bertz CT molecular complexity index is 699. The van der Waals surface area contributed by atoms with Crippen LogP contribution < -0.4 is 10.2 Å². The molecule has 0 saturated carbocycles. The number of carbonyl (C=O) groups excluding carboxylic acids is 1. The lowest BCUT2D eigenvalue weighted by molar-refractivity contribution is -0.115. The van der Waals surface area contributed by atoms with Crippen molar-refractivity contribution in [3.05, 3.63) is 58.1 Å². The lowest BCUT2D eigenvalue weighted by Crippen LogP contribution is -2.36. The van der Waals surface area contributed by atoms with E-state index < -0.39 is 0 Å². The molecular formula is C18H19BrN2O. The molecule has 0 aromatic heterocycles. The van der Waals surface area contributed by atoms with Crippen molar-refractivity contribution in [3.63, 3.8) is 0 Å². The van der Waals surface area contributed by atoms with Crippen LogP contribution in [0.2, 0.25) is 0 Å². The van der Waals surface area contributed by atoms with Gasteiger partial charge in [0.05, 0.1) is 12.2 Å². The zero-order valence-corrected chi connectivity index (χ0v) is 14.2. The van der Waals surface area contributed by atoms with E-state index in [0.29, 0.717) is 6.54 Å². The maximum Gasteiger partial charge on any atom is 0.243 e. The van der Waals surface area contributed by atoms with E-state index in [2.05, 4.69) is 51.3 Å². The molecular weight excluding hydrogens is 340 g/mol. The summed E-state index contributed by atoms with van der Waals surface area (Å²) in [6.45, 7) is 3.43. The number of fused-ring (bicyclic) bond motifs is 1. The number of anilines is 2. The molecule has 1 heterocycles. The SMILES string of the molecule is Cc1ccc2c(c1)CCCN2CC(=O)Nc1ccccc1Br. The van der Waals surface area contributed by atoms with E-state index in [1.54, 1.807) is 0 Å². The van der Waals surface area contributed by atoms with E-state index in [1.807, 2.05) is 24.3 Å². The van der Waals surface area contributed by atoms with Gasteiger partial charge in [0.1, 0.15) is 0 Å². The highest BCUT2D eigenvalue weighted by Crippen LogP contribution is 2.28. The number of nitrogens with one attached hydrogen (secondary N) is 1. The van der Waals surface area contributed by atoms with Crippen LogP contribution in [0.4, 0.5) is 11.4 Å². The molecule has 0 aliphatic carbocycles. The summed E-state index contributed by atoms with van der Waals surface area (Å²) in [6.07, 6.45) is 2.19. The third-order valence-electron chi connectivity index (χ3n) is 3.93. The quantitative estimate of drug-likeness (QED) is 0.893. The van der Waals surface area contributed by atoms with Crippen LogP contribution in [-0.4, -0.2) is 19.0 Å². The number of rotatable bonds is 3. The van der Waals surface area contributed by atoms with Gasteiger partial charge in [-0.2, -0.15) is 0 Å². The molecule has 0 saturated heterocycles. The molecule has 0 radical (unpaired) electrons. The number of hydrogen-bond donors (Lipinski definition) is 1. The highest BCUT2D eigenvalue weighted by Gasteiger charge is 2.19. The van der Waals surface area contributed by atoms with Crippen LogP contribution in [0, 0.1) is 6.92 Å². The van der Waals surface area contributed by atoms with Gasteiger partial charge in [-0.3, -0.25) is 4.79 Å². The van der Waals surface area contributed by atoms with Crippen molar-refractivity contribution in [2.45, 2.75) is 19.8 Å². The van der Waals surface area contributed by atoms with Gasteiger partial charge in [0.15, 0.2) is 0 Å². The molecule has 3 nitrogen and oxygen atoms in total. The average molecular weight is 359 g/mol. The Morgan fingerprint density at radius 1 is 1.27 bits per heavy atom. The standard InChI is InChI=1S/C18H19BrN2O/c1-13-8-9-17-14(11-13)5-4-10-21(17)12-18(22)20-16-7-3-2-6-15(16)19/h2-3,6-9,11H,4-5,10,12H2,1H3,(H,20,22). The highest BCUT2D eigenvalue weighted by molar-refractivity contribution is 9.10. The molecule has 1 aliphatic rings. The average Bonchev–Trinajstić information content (AvgIpc) is 2.49. The van der Waals surface area contributed by atoms with Crippen LogP contribution in [0.3, 0.4) is 0 Å². The second kappa shape index (κ2) is 6.53. The normalized spacial score (nSPS) is 13.6. The molecule has 3 rings (SSSR count). The number of nitrogens with zero attached hydrogens (tertiary/aromatic N) is 1. The minimum Gasteiger partial charge on any atom is -0.362 e. The summed E-state index contributed by atoms with van der Waals surface area (Å²) in [7, 11) is 0. The van der Waals surface area contributed by atoms with Crippen molar-refractivity contribution >= 4 is 33.2 Å². The maximum atomic E-state index is 12.3. The summed E-state index contributed by atoms with van der Waals surface area (Å²) in [4.78, 5) is 14.5. The number of aryl methyl sites for hydroxylation is 2. The van der Waals surface area contributed by atoms with E-state index in [-0.39, 0.29) is 5.91 Å². The van der Waals surface area contributed by atoms with Crippen LogP contribution in [0.15, 0.2) is 46.9 Å². The number of halogens is 1. The fourth-order valence-electron chi connectivity index (χ4n) is 2.89. The molecule has 0 atom stereocenters. The Kier molecular flexibility index (Phi) is 4.48. The largest absolute Gasteiger partial charge is 0.362 e. The Labute approximate surface area is 139 Å². The predicted molar refractivity (Wildman–Crippen MR) is 94.5 cm³/mol. The van der Waals surface area contributed by atoms with Crippen molar-refractivity contribution in [2.75, 3.05) is 23.3 Å². The third kappa shape index (κ3) is 3.33. The number of para-hydroxylation sites is 1. The van der Waals surface area contributed by atoms with Crippen molar-refractivity contribution in [3.8, 4) is 0 Å². The van der Waals surface area contributed by atoms with Gasteiger partial charge in [0.25, 0.3) is 0 Å². The van der Waals surface area contributed by atoms with E-state index in [4.69, 9.17) is 0 Å². The molecule has 1 aliphatic heterocycles. The predicted octanol–water partition coefficient (Wildman–Crippen LogP) is 4.15. The molecule has 1 amide bonds. The molecule has 22 heavy (non-hydrogen) atoms. The van der Waals surface area contributed by atoms with E-state index in [0.717, 1.165) is 29.5 Å². The molecule has 114 valence electrons. The lowest BCUT2D eigenvalue weighted by atomic mass is 9.99. The van der Waals surface area contributed by atoms with Crippen LogP contribution >= 0.6 is 15.9 Å². The fraction of sp³-hybridized carbons (Fsp3) is 0.278. The molecule has 0 fully saturated rings. The molecule has 4 heteroatoms. The molecule has 2 aromatic carbocycles. The zero-order valence-electron chi connectivity index (χ0n) is 12.6. The van der Waals surface area contributed by atoms with Crippen molar-refractivity contribution in [2.24, 2.45) is 0 Å². The van der Waals surface area contributed by atoms with E-state index in [9.17, 15) is 4.79 Å². The minimum atomic E-state index is 0.0142. The first kappa shape index (κ1) is 15.1. The molecule has 0 unspecified atom stereocenters. The van der Waals surface area contributed by atoms with Gasteiger partial charge in [-0.05, 0) is 59.5 Å². The highest BCUT2D eigenvalue weighted by atomic mass is 79.9. The van der Waals surface area contributed by atoms with Gasteiger partial charge in [0.2, 0.25) is 5.91 Å². The first-order chi connectivity index (χ1) is 10.6. The van der Waals surface area contributed by atoms with Gasteiger partial charge in [0, 0.05) is 16.7 Å². The Balaban J connectivity index is 1.72. The summed E-state index contributed by atoms with van der Waals surface area (Å²) >= 11 is 3.46. The van der Waals surface area contributed by atoms with Crippen LogP contribution in [0.1, 0.15) is 17.5 Å². The van der Waals surface area contributed by atoms with Crippen molar-refractivity contribution in [1.29, 1.82) is 0 Å². The maximum absolute atomic E-state index is 12.3. The van der Waals surface area contributed by atoms with Gasteiger partial charge < -0.3 is 10.2 Å². The van der Waals surface area contributed by atoms with Crippen LogP contribution in [-0.2, 0) is 11.2 Å². The third-order valence-corrected chi connectivity index (χ3v) is 4.62. The molecule has 0 spiro atoms. The van der Waals surface area contributed by atoms with Crippen molar-refractivity contribution < 1.29 is 4.79 Å². The Morgan fingerprint density at radius 2 is 2.09 bits per heavy atom. The van der Waals surface area contributed by atoms with Gasteiger partial charge in [-0.25, -0.2) is 0 Å². The van der Waals surface area contributed by atoms with E-state index >= 15 is 0 Å². The summed E-state index contributed by atoms with van der Waals surface area (Å²) in [5.74, 6) is 0.0142. The topological polar surface area (TPSA) is 32.3 Å². The van der Waals surface area contributed by atoms with Crippen LogP contribution in [0.25, 0.3) is 0 Å². The second-order valence-corrected chi connectivity index (χ2v) is 6.54. The Hall–Kier alpha value is -1.81. The second-order valence-electron chi connectivity index (χ2n) is 5.69. The number of hydrogen-bond acceptors (Lipinski definition) is 2. The van der Waals surface area contributed by atoms with Gasteiger partial charge in [-0.15, -0.1) is 0 Å². The number of carbonyl (C=O) groups is 1. The first-order valence-electron chi connectivity index (χ1n) is 7.52. The number of amides is 1. The van der Waals surface area contributed by atoms with Gasteiger partial charge in [-0.1, -0.05) is 29.8 Å². The van der Waals surface area contributed by atoms with Gasteiger partial charge >= 0.3 is 0 Å². The minimum absolute atomic E-state index is 0.0142. The summed E-state index contributed by atoms with van der Waals surface area (Å²) < 4.78 is 0.901. The fourth-order valence-corrected chi connectivity index (χ4v) is 3.28. The molecule has 1 N–H and O–H groups in total. The van der Waals surface area contributed by atoms with Crippen LogP contribution in [0.5, 0.6) is 0 Å². The smallest absolute Gasteiger partial charge is 0.243 e. The van der Waals surface area contributed by atoms with E-state index in [1.165, 1.54) is 16.8 Å². The summed E-state index contributed by atoms with van der Waals surface area (Å²) in [5, 5.41) is 2.97. The monoisotopic (exact) mass is 358 g/mol.